The summed E-state index contributed by atoms with van der Waals surface area (Å²) < 4.78 is 19.2. The third-order valence-corrected chi connectivity index (χ3v) is 4.77. The number of rotatable bonds is 4. The Morgan fingerprint density at radius 2 is 2.12 bits per heavy atom. The summed E-state index contributed by atoms with van der Waals surface area (Å²) in [5.41, 5.74) is 2.37. The fourth-order valence-corrected chi connectivity index (χ4v) is 3.72. The maximum absolute atomic E-state index is 13.8. The van der Waals surface area contributed by atoms with Gasteiger partial charge in [0.2, 0.25) is 0 Å². The van der Waals surface area contributed by atoms with Crippen molar-refractivity contribution in [3.05, 3.63) is 46.9 Å². The number of allylic oxidation sites excluding steroid dienone is 1. The molecule has 1 aliphatic carbocycles. The highest BCUT2D eigenvalue weighted by Crippen LogP contribution is 2.43. The molecule has 0 N–H and O–H groups in total. The number of hydrogen-bond donors (Lipinski definition) is 0. The monoisotopic (exact) mass is 343 g/mol. The molecule has 0 bridgehead atoms. The zero-order valence-corrected chi connectivity index (χ0v) is 14.5. The highest BCUT2D eigenvalue weighted by Gasteiger charge is 2.43. The smallest absolute Gasteiger partial charge is 0.336 e. The Labute approximate surface area is 146 Å². The number of ether oxygens (including phenoxy) is 1. The molecule has 1 heterocycles. The number of carbonyl (C=O) groups excluding carboxylic acids is 2. The second kappa shape index (κ2) is 7.30. The molecule has 0 radical (unpaired) electrons. The van der Waals surface area contributed by atoms with E-state index in [1.54, 1.807) is 19.1 Å². The minimum absolute atomic E-state index is 0.0625. The van der Waals surface area contributed by atoms with Gasteiger partial charge in [0.05, 0.1) is 18.1 Å². The lowest BCUT2D eigenvalue weighted by molar-refractivity contribution is -0.139. The lowest BCUT2D eigenvalue weighted by Gasteiger charge is -2.35. The summed E-state index contributed by atoms with van der Waals surface area (Å²) in [5, 5.41) is 0. The molecule has 5 heteroatoms. The van der Waals surface area contributed by atoms with Gasteiger partial charge in [-0.3, -0.25) is 9.79 Å². The highest BCUT2D eigenvalue weighted by molar-refractivity contribution is 6.11. The van der Waals surface area contributed by atoms with Gasteiger partial charge < -0.3 is 4.74 Å². The van der Waals surface area contributed by atoms with Crippen LogP contribution >= 0.6 is 0 Å². The molecule has 0 spiro atoms. The Morgan fingerprint density at radius 1 is 1.32 bits per heavy atom. The van der Waals surface area contributed by atoms with Crippen LogP contribution in [0.3, 0.4) is 0 Å². The van der Waals surface area contributed by atoms with Gasteiger partial charge in [-0.15, -0.1) is 0 Å². The second-order valence-corrected chi connectivity index (χ2v) is 6.57. The van der Waals surface area contributed by atoms with Crippen molar-refractivity contribution in [1.29, 1.82) is 0 Å². The molecule has 0 unspecified atom stereocenters. The predicted molar refractivity (Wildman–Crippen MR) is 92.9 cm³/mol. The van der Waals surface area contributed by atoms with Gasteiger partial charge in [0.15, 0.2) is 0 Å². The molecule has 25 heavy (non-hydrogen) atoms. The van der Waals surface area contributed by atoms with Crippen molar-refractivity contribution in [3.8, 4) is 0 Å². The Hall–Kier alpha value is -2.30. The van der Waals surface area contributed by atoms with Gasteiger partial charge in [0.1, 0.15) is 11.6 Å². The van der Waals surface area contributed by atoms with Gasteiger partial charge in [-0.25, -0.2) is 9.18 Å². The number of carbonyl (C=O) groups is 2. The molecule has 0 amide bonds. The number of Topliss-reactive ketones (excluding diaryl/α,β-unsaturated/α-hetero) is 1. The van der Waals surface area contributed by atoms with Crippen molar-refractivity contribution in [2.24, 2.45) is 10.9 Å². The average Bonchev–Trinajstić information content (AvgIpc) is 2.58. The molecule has 1 aromatic carbocycles. The molecule has 132 valence electrons. The minimum Gasteiger partial charge on any atom is -0.462 e. The van der Waals surface area contributed by atoms with E-state index in [0.717, 1.165) is 18.6 Å². The Kier molecular flexibility index (Phi) is 5.11. The largest absolute Gasteiger partial charge is 0.462 e. The van der Waals surface area contributed by atoms with E-state index in [4.69, 9.17) is 4.74 Å². The first-order valence-corrected chi connectivity index (χ1v) is 8.76. The van der Waals surface area contributed by atoms with E-state index in [2.05, 4.69) is 4.99 Å². The minimum atomic E-state index is -0.527. The highest BCUT2D eigenvalue weighted by atomic mass is 19.1. The topological polar surface area (TPSA) is 55.7 Å². The van der Waals surface area contributed by atoms with E-state index >= 15 is 0 Å². The Morgan fingerprint density at radius 3 is 2.84 bits per heavy atom. The number of benzene rings is 1. The van der Waals surface area contributed by atoms with Gasteiger partial charge in [0.25, 0.3) is 0 Å². The van der Waals surface area contributed by atoms with Crippen molar-refractivity contribution >= 4 is 17.5 Å². The number of halogens is 1. The molecule has 1 saturated carbocycles. The first-order valence-electron chi connectivity index (χ1n) is 8.76. The fraction of sp³-hybridized carbons (Fsp3) is 0.450. The number of aliphatic imine (C=N–C) groups is 1. The lowest BCUT2D eigenvalue weighted by Crippen LogP contribution is -2.39. The SMILES string of the molecule is CCCOC(=O)C1=C(C)N=C2CCCC(=O)[C@@H]2[C@@H]1c1cccc(F)c1. The number of ketones is 1. The second-order valence-electron chi connectivity index (χ2n) is 6.57. The number of esters is 1. The van der Waals surface area contributed by atoms with Gasteiger partial charge in [-0.2, -0.15) is 0 Å². The zero-order valence-electron chi connectivity index (χ0n) is 14.5. The Bertz CT molecular complexity index is 766. The molecule has 2 atom stereocenters. The summed E-state index contributed by atoms with van der Waals surface area (Å²) in [7, 11) is 0. The zero-order chi connectivity index (χ0) is 18.0. The van der Waals surface area contributed by atoms with Crippen LogP contribution in [0, 0.1) is 11.7 Å². The van der Waals surface area contributed by atoms with E-state index in [9.17, 15) is 14.0 Å². The van der Waals surface area contributed by atoms with E-state index in [1.807, 2.05) is 6.92 Å². The van der Waals surface area contributed by atoms with Crippen LogP contribution in [0.25, 0.3) is 0 Å². The van der Waals surface area contributed by atoms with Gasteiger partial charge in [0, 0.05) is 23.7 Å². The summed E-state index contributed by atoms with van der Waals surface area (Å²) in [6.45, 7) is 3.98. The molecule has 1 fully saturated rings. The number of fused-ring (bicyclic) bond motifs is 1. The predicted octanol–water partition coefficient (Wildman–Crippen LogP) is 3.96. The summed E-state index contributed by atoms with van der Waals surface area (Å²) in [4.78, 5) is 29.8. The molecule has 0 saturated heterocycles. The van der Waals surface area contributed by atoms with Crippen LogP contribution in [-0.2, 0) is 14.3 Å². The molecule has 2 aliphatic rings. The van der Waals surface area contributed by atoms with E-state index in [0.29, 0.717) is 36.3 Å². The quantitative estimate of drug-likeness (QED) is 0.778. The van der Waals surface area contributed by atoms with E-state index < -0.39 is 17.8 Å². The van der Waals surface area contributed by atoms with Crippen LogP contribution in [0.4, 0.5) is 4.39 Å². The molecule has 0 aromatic heterocycles. The van der Waals surface area contributed by atoms with Crippen LogP contribution in [0.15, 0.2) is 40.5 Å². The third-order valence-electron chi connectivity index (χ3n) is 4.77. The maximum atomic E-state index is 13.8. The van der Waals surface area contributed by atoms with Crippen LogP contribution in [0.2, 0.25) is 0 Å². The molecule has 1 aromatic rings. The summed E-state index contributed by atoms with van der Waals surface area (Å²) in [5.74, 6) is -1.81. The molecular formula is C20H22FNO3. The molecule has 1 aliphatic heterocycles. The van der Waals surface area contributed by atoms with E-state index in [-0.39, 0.29) is 11.6 Å². The number of hydrogen-bond acceptors (Lipinski definition) is 4. The first kappa shape index (κ1) is 17.5. The first-order chi connectivity index (χ1) is 12.0. The lowest BCUT2D eigenvalue weighted by atomic mass is 9.69. The van der Waals surface area contributed by atoms with Crippen LogP contribution < -0.4 is 0 Å². The summed E-state index contributed by atoms with van der Waals surface area (Å²) in [6, 6.07) is 6.12. The average molecular weight is 343 g/mol. The third kappa shape index (κ3) is 3.41. The standard InChI is InChI=1S/C20H22FNO3/c1-3-10-25-20(24)17-12(2)22-15-8-5-9-16(23)19(15)18(17)13-6-4-7-14(21)11-13/h4,6-7,11,18-19H,3,5,8-10H2,1-2H3/t18-,19-/m1/s1. The van der Waals surface area contributed by atoms with Crippen LogP contribution in [0.1, 0.15) is 51.0 Å². The normalized spacial score (nSPS) is 23.2. The van der Waals surface area contributed by atoms with Gasteiger partial charge in [-0.1, -0.05) is 19.1 Å². The number of nitrogens with zero attached hydrogens (tertiary/aromatic N) is 1. The maximum Gasteiger partial charge on any atom is 0.336 e. The fourth-order valence-electron chi connectivity index (χ4n) is 3.72. The van der Waals surface area contributed by atoms with Crippen molar-refractivity contribution in [3.63, 3.8) is 0 Å². The molecular weight excluding hydrogens is 321 g/mol. The van der Waals surface area contributed by atoms with E-state index in [1.165, 1.54) is 12.1 Å². The van der Waals surface area contributed by atoms with Crippen molar-refractivity contribution in [2.45, 2.75) is 45.4 Å². The Balaban J connectivity index is 2.11. The summed E-state index contributed by atoms with van der Waals surface area (Å²) >= 11 is 0. The molecule has 4 nitrogen and oxygen atoms in total. The van der Waals surface area contributed by atoms with Crippen molar-refractivity contribution in [1.82, 2.24) is 0 Å². The van der Waals surface area contributed by atoms with Crippen molar-refractivity contribution < 1.29 is 18.7 Å². The van der Waals surface area contributed by atoms with Crippen LogP contribution in [-0.4, -0.2) is 24.1 Å². The summed E-state index contributed by atoms with van der Waals surface area (Å²) in [6.07, 6.45) is 2.68. The van der Waals surface area contributed by atoms with Crippen molar-refractivity contribution in [2.75, 3.05) is 6.61 Å². The van der Waals surface area contributed by atoms with Gasteiger partial charge >= 0.3 is 5.97 Å². The van der Waals surface area contributed by atoms with Gasteiger partial charge in [-0.05, 0) is 43.9 Å². The molecule has 3 rings (SSSR count). The van der Waals surface area contributed by atoms with Crippen LogP contribution in [0.5, 0.6) is 0 Å².